The van der Waals surface area contributed by atoms with Crippen LogP contribution in [0.15, 0.2) is 77.9 Å². The molecule has 0 fully saturated rings. The van der Waals surface area contributed by atoms with Gasteiger partial charge in [0.25, 0.3) is 15.1 Å². The number of ketones is 2. The summed E-state index contributed by atoms with van der Waals surface area (Å²) in [4.78, 5) is 22.9. The minimum atomic E-state index is -5.43. The van der Waals surface area contributed by atoms with Gasteiger partial charge in [0.2, 0.25) is 0 Å². The molecular weight excluding hydrogens is 448 g/mol. The van der Waals surface area contributed by atoms with E-state index in [1.54, 1.807) is 6.07 Å². The lowest BCUT2D eigenvalue weighted by Crippen LogP contribution is -2.59. The van der Waals surface area contributed by atoms with Gasteiger partial charge >= 0.3 is 10.1 Å². The fraction of sp³-hybridized carbons (Fsp3) is 0.100. The van der Waals surface area contributed by atoms with Crippen molar-refractivity contribution in [3.05, 3.63) is 89.0 Å². The maximum atomic E-state index is 13.2. The van der Waals surface area contributed by atoms with E-state index in [1.807, 2.05) is 0 Å². The Bertz CT molecular complexity index is 1390. The Labute approximate surface area is 177 Å². The van der Waals surface area contributed by atoms with E-state index in [9.17, 15) is 35.5 Å². The summed E-state index contributed by atoms with van der Waals surface area (Å²) >= 11 is 0. The fourth-order valence-corrected chi connectivity index (χ4v) is 6.35. The van der Waals surface area contributed by atoms with Crippen LogP contribution in [0.4, 0.5) is 0 Å². The van der Waals surface area contributed by atoms with E-state index >= 15 is 0 Å². The molecule has 0 heterocycles. The molecule has 2 aliphatic carbocycles. The summed E-state index contributed by atoms with van der Waals surface area (Å²) in [6.45, 7) is 0. The van der Waals surface area contributed by atoms with Crippen LogP contribution in [0.5, 0.6) is 5.75 Å². The second-order valence-electron chi connectivity index (χ2n) is 6.87. The van der Waals surface area contributed by atoms with Gasteiger partial charge in [-0.3, -0.25) is 18.7 Å². The predicted octanol–water partition coefficient (Wildman–Crippen LogP) is 1.85. The summed E-state index contributed by atoms with van der Waals surface area (Å²) in [6, 6.07) is 12.6. The third-order valence-electron chi connectivity index (χ3n) is 5.03. The van der Waals surface area contributed by atoms with Crippen LogP contribution in [0.25, 0.3) is 0 Å². The molecule has 0 aliphatic heterocycles. The molecule has 2 atom stereocenters. The first-order valence-electron chi connectivity index (χ1n) is 8.76. The zero-order valence-corrected chi connectivity index (χ0v) is 17.1. The summed E-state index contributed by atoms with van der Waals surface area (Å²) < 4.78 is 75.2. The fourth-order valence-electron chi connectivity index (χ4n) is 3.72. The molecule has 2 aliphatic rings. The molecular formula is C20H14O9S2. The second-order valence-corrected chi connectivity index (χ2v) is 9.96. The molecule has 0 radical (unpaired) electrons. The number of Topliss-reactive ketones (excluding diaryl/α,β-unsaturated/α-hetero) is 2. The lowest BCUT2D eigenvalue weighted by Gasteiger charge is -2.38. The Kier molecular flexibility index (Phi) is 4.74. The van der Waals surface area contributed by atoms with Crippen molar-refractivity contribution in [2.24, 2.45) is 0 Å². The number of benzene rings is 2. The van der Waals surface area contributed by atoms with Crippen LogP contribution in [0.3, 0.4) is 0 Å². The first-order valence-corrected chi connectivity index (χ1v) is 11.7. The van der Waals surface area contributed by atoms with Crippen LogP contribution in [0.1, 0.15) is 20.7 Å². The van der Waals surface area contributed by atoms with Crippen molar-refractivity contribution < 1.29 is 40.3 Å². The number of fused-ring (bicyclic) bond motifs is 1. The molecule has 4 rings (SSSR count). The van der Waals surface area contributed by atoms with Crippen molar-refractivity contribution in [2.75, 3.05) is 0 Å². The van der Waals surface area contributed by atoms with Gasteiger partial charge in [-0.05, 0) is 24.3 Å². The van der Waals surface area contributed by atoms with Crippen molar-refractivity contribution in [2.45, 2.75) is 10.2 Å². The highest BCUT2D eigenvalue weighted by atomic mass is 32.2. The van der Waals surface area contributed by atoms with Gasteiger partial charge in [-0.15, -0.1) is 0 Å². The first-order chi connectivity index (χ1) is 14.5. The van der Waals surface area contributed by atoms with Gasteiger partial charge < -0.3 is 4.74 Å². The van der Waals surface area contributed by atoms with E-state index in [2.05, 4.69) is 0 Å². The number of carbonyl (C=O) groups excluding carboxylic acids is 2. The molecule has 2 N–H and O–H groups in total. The van der Waals surface area contributed by atoms with Crippen molar-refractivity contribution >= 4 is 31.8 Å². The molecule has 0 aromatic heterocycles. The Morgan fingerprint density at radius 1 is 0.806 bits per heavy atom. The van der Waals surface area contributed by atoms with Crippen LogP contribution in [-0.4, -0.2) is 47.7 Å². The number of allylic oxidation sites excluding steroid dienone is 2. The van der Waals surface area contributed by atoms with Gasteiger partial charge in [0.05, 0.1) is 0 Å². The van der Waals surface area contributed by atoms with E-state index in [1.165, 1.54) is 48.5 Å². The summed E-state index contributed by atoms with van der Waals surface area (Å²) in [5, 5.41) is -2.62. The summed E-state index contributed by atoms with van der Waals surface area (Å²) in [5.74, 6) is -1.89. The normalized spacial score (nSPS) is 23.4. The summed E-state index contributed by atoms with van der Waals surface area (Å²) in [6.07, 6.45) is 1.55. The molecule has 2 aromatic carbocycles. The van der Waals surface area contributed by atoms with Gasteiger partial charge in [-0.25, -0.2) is 0 Å². The highest BCUT2D eigenvalue weighted by Crippen LogP contribution is 2.43. The van der Waals surface area contributed by atoms with Crippen molar-refractivity contribution in [3.63, 3.8) is 0 Å². The lowest BCUT2D eigenvalue weighted by atomic mass is 9.79. The Morgan fingerprint density at radius 2 is 1.35 bits per heavy atom. The highest BCUT2D eigenvalue weighted by molar-refractivity contribution is 7.91. The first kappa shape index (κ1) is 21.1. The number of hydrogen-bond donors (Lipinski definition) is 2. The van der Waals surface area contributed by atoms with Gasteiger partial charge in [0.15, 0.2) is 16.8 Å². The van der Waals surface area contributed by atoms with Crippen LogP contribution >= 0.6 is 0 Å². The number of carbonyl (C=O) groups is 2. The zero-order valence-electron chi connectivity index (χ0n) is 15.5. The molecule has 0 saturated heterocycles. The number of hydrogen-bond acceptors (Lipinski definition) is 7. The average molecular weight is 462 g/mol. The summed E-state index contributed by atoms with van der Waals surface area (Å²) in [7, 11) is -10.8. The van der Waals surface area contributed by atoms with E-state index in [0.29, 0.717) is 6.08 Å². The quantitative estimate of drug-likeness (QED) is 0.648. The maximum Gasteiger partial charge on any atom is 0.312 e. The van der Waals surface area contributed by atoms with Crippen molar-refractivity contribution in [1.82, 2.24) is 0 Å². The molecule has 2 aromatic rings. The molecule has 9 nitrogen and oxygen atoms in total. The van der Waals surface area contributed by atoms with Crippen LogP contribution < -0.4 is 4.74 Å². The number of rotatable bonds is 4. The molecule has 0 saturated carbocycles. The van der Waals surface area contributed by atoms with E-state index < -0.39 is 53.1 Å². The SMILES string of the molecule is O=C1C2=C(C(=O)c3ccccc31)C(S(=O)(=O)O)C(Oc1ccccc1)(S(=O)(=O)O)C=C2. The topological polar surface area (TPSA) is 152 Å². The van der Waals surface area contributed by atoms with Gasteiger partial charge in [-0.1, -0.05) is 42.5 Å². The smallest absolute Gasteiger partial charge is 0.312 e. The zero-order chi connectivity index (χ0) is 22.6. The maximum absolute atomic E-state index is 13.2. The highest BCUT2D eigenvalue weighted by Gasteiger charge is 2.62. The number of para-hydroxylation sites is 1. The lowest BCUT2D eigenvalue weighted by molar-refractivity contribution is 0.0959. The van der Waals surface area contributed by atoms with Crippen molar-refractivity contribution in [1.29, 1.82) is 0 Å². The molecule has 2 unspecified atom stereocenters. The van der Waals surface area contributed by atoms with E-state index in [-0.39, 0.29) is 16.9 Å². The van der Waals surface area contributed by atoms with Gasteiger partial charge in [0.1, 0.15) is 5.75 Å². The Hall–Kier alpha value is -3.12. The monoisotopic (exact) mass is 462 g/mol. The average Bonchev–Trinajstić information content (AvgIpc) is 2.70. The van der Waals surface area contributed by atoms with Crippen LogP contribution in [0, 0.1) is 0 Å². The summed E-state index contributed by atoms with van der Waals surface area (Å²) in [5.41, 5.74) is -1.39. The molecule has 11 heteroatoms. The molecule has 0 bridgehead atoms. The van der Waals surface area contributed by atoms with Gasteiger partial charge in [-0.2, -0.15) is 16.8 Å². The number of ether oxygens (including phenoxy) is 1. The second kappa shape index (κ2) is 6.95. The Morgan fingerprint density at radius 3 is 1.90 bits per heavy atom. The minimum absolute atomic E-state index is 0.00618. The minimum Gasteiger partial charge on any atom is -0.463 e. The largest absolute Gasteiger partial charge is 0.463 e. The molecule has 160 valence electrons. The van der Waals surface area contributed by atoms with E-state index in [4.69, 9.17) is 4.74 Å². The van der Waals surface area contributed by atoms with Crippen LogP contribution in [0.2, 0.25) is 0 Å². The third-order valence-corrected chi connectivity index (χ3v) is 7.62. The predicted molar refractivity (Wildman–Crippen MR) is 108 cm³/mol. The standard InChI is InChI=1S/C20H14O9S2/c21-17-13-8-4-5-9-14(13)18(22)16-15(17)10-11-20(31(26,27)28,19(16)30(23,24)25)29-12-6-2-1-3-7-12/h1-11,19H,(H,23,24,25)(H,26,27,28). The van der Waals surface area contributed by atoms with E-state index in [0.717, 1.165) is 6.08 Å². The van der Waals surface area contributed by atoms with Crippen LogP contribution in [-0.2, 0) is 20.2 Å². The molecule has 31 heavy (non-hydrogen) atoms. The third kappa shape index (κ3) is 3.22. The molecule has 0 amide bonds. The Balaban J connectivity index is 2.03. The molecule has 0 spiro atoms. The van der Waals surface area contributed by atoms with Crippen molar-refractivity contribution in [3.8, 4) is 5.75 Å². The van der Waals surface area contributed by atoms with Gasteiger partial charge in [0, 0.05) is 22.3 Å².